The summed E-state index contributed by atoms with van der Waals surface area (Å²) in [5, 5.41) is 5.21. The highest BCUT2D eigenvalue weighted by atomic mass is 35.5. The van der Waals surface area contributed by atoms with E-state index in [0.717, 1.165) is 23.6 Å². The zero-order valence-electron chi connectivity index (χ0n) is 11.7. The van der Waals surface area contributed by atoms with Gasteiger partial charge in [0.1, 0.15) is 0 Å². The van der Waals surface area contributed by atoms with Gasteiger partial charge in [-0.1, -0.05) is 37.3 Å². The molecular formula is C17H20ClNO. The second-order valence-electron chi connectivity index (χ2n) is 5.22. The molecule has 2 aromatic rings. The molecule has 2 nitrogen and oxygen atoms in total. The number of carbonyl (C=O) groups excluding carboxylic acids is 1. The number of alkyl halides is 1. The predicted molar refractivity (Wildman–Crippen MR) is 85.4 cm³/mol. The number of benzene rings is 2. The van der Waals surface area contributed by atoms with Crippen LogP contribution in [0.2, 0.25) is 0 Å². The Bertz CT molecular complexity index is 582. The van der Waals surface area contributed by atoms with Gasteiger partial charge in [0, 0.05) is 18.0 Å². The molecule has 0 aromatic heterocycles. The Hall–Kier alpha value is -1.54. The number of hydrogen-bond acceptors (Lipinski definition) is 1. The Morgan fingerprint density at radius 3 is 2.70 bits per heavy atom. The normalized spacial score (nSPS) is 12.3. The molecule has 20 heavy (non-hydrogen) atoms. The fourth-order valence-electron chi connectivity index (χ4n) is 2.16. The molecule has 3 heteroatoms. The monoisotopic (exact) mass is 289 g/mol. The van der Waals surface area contributed by atoms with Gasteiger partial charge in [0.2, 0.25) is 0 Å². The highest BCUT2D eigenvalue weighted by molar-refractivity contribution is 6.18. The minimum absolute atomic E-state index is 0.00530. The van der Waals surface area contributed by atoms with Crippen LogP contribution in [0.15, 0.2) is 42.5 Å². The molecule has 0 aliphatic rings. The maximum absolute atomic E-state index is 12.1. The number of rotatable bonds is 6. The van der Waals surface area contributed by atoms with Gasteiger partial charge >= 0.3 is 0 Å². The molecule has 0 spiro atoms. The summed E-state index contributed by atoms with van der Waals surface area (Å²) in [7, 11) is 0. The van der Waals surface area contributed by atoms with E-state index in [9.17, 15) is 4.79 Å². The van der Waals surface area contributed by atoms with Crippen molar-refractivity contribution < 1.29 is 4.79 Å². The van der Waals surface area contributed by atoms with Crippen LogP contribution in [0.1, 0.15) is 30.1 Å². The minimum Gasteiger partial charge on any atom is -0.352 e. The van der Waals surface area contributed by atoms with Crippen LogP contribution >= 0.6 is 11.6 Å². The van der Waals surface area contributed by atoms with Gasteiger partial charge in [0.15, 0.2) is 0 Å². The van der Waals surface area contributed by atoms with Crippen LogP contribution in [0.4, 0.5) is 0 Å². The van der Waals surface area contributed by atoms with E-state index in [2.05, 4.69) is 12.2 Å². The van der Waals surface area contributed by atoms with Gasteiger partial charge in [-0.3, -0.25) is 4.79 Å². The van der Waals surface area contributed by atoms with Gasteiger partial charge in [-0.25, -0.2) is 0 Å². The highest BCUT2D eigenvalue weighted by Crippen LogP contribution is 2.15. The van der Waals surface area contributed by atoms with Crippen molar-refractivity contribution >= 4 is 28.3 Å². The van der Waals surface area contributed by atoms with E-state index in [4.69, 9.17) is 11.6 Å². The Kier molecular flexibility index (Phi) is 5.42. The maximum Gasteiger partial charge on any atom is 0.251 e. The summed E-state index contributed by atoms with van der Waals surface area (Å²) in [5.74, 6) is 1.18. The van der Waals surface area contributed by atoms with Gasteiger partial charge in [0.05, 0.1) is 0 Å². The highest BCUT2D eigenvalue weighted by Gasteiger charge is 2.06. The summed E-state index contributed by atoms with van der Waals surface area (Å²) in [6.07, 6.45) is 2.01. The van der Waals surface area contributed by atoms with Crippen molar-refractivity contribution in [2.24, 2.45) is 5.92 Å². The Morgan fingerprint density at radius 2 is 1.95 bits per heavy atom. The molecule has 1 N–H and O–H groups in total. The molecule has 0 heterocycles. The van der Waals surface area contributed by atoms with Crippen LogP contribution in [0.3, 0.4) is 0 Å². The fourth-order valence-corrected chi connectivity index (χ4v) is 2.32. The van der Waals surface area contributed by atoms with Crippen molar-refractivity contribution in [3.63, 3.8) is 0 Å². The summed E-state index contributed by atoms with van der Waals surface area (Å²) in [6, 6.07) is 13.8. The fraction of sp³-hybridized carbons (Fsp3) is 0.353. The van der Waals surface area contributed by atoms with Gasteiger partial charge in [0.25, 0.3) is 5.91 Å². The molecule has 0 fully saturated rings. The molecule has 1 unspecified atom stereocenters. The first-order valence-corrected chi connectivity index (χ1v) is 7.57. The molecule has 0 radical (unpaired) electrons. The average molecular weight is 290 g/mol. The van der Waals surface area contributed by atoms with Crippen LogP contribution in [0.25, 0.3) is 10.8 Å². The van der Waals surface area contributed by atoms with E-state index in [1.54, 1.807) is 0 Å². The van der Waals surface area contributed by atoms with Gasteiger partial charge in [-0.15, -0.1) is 11.6 Å². The first-order chi connectivity index (χ1) is 9.70. The van der Waals surface area contributed by atoms with Gasteiger partial charge in [-0.05, 0) is 41.7 Å². The smallest absolute Gasteiger partial charge is 0.251 e. The number of nitrogens with one attached hydrogen (secondary N) is 1. The van der Waals surface area contributed by atoms with Crippen molar-refractivity contribution in [2.75, 3.05) is 12.4 Å². The van der Waals surface area contributed by atoms with Crippen molar-refractivity contribution in [3.8, 4) is 0 Å². The van der Waals surface area contributed by atoms with Crippen LogP contribution in [-0.4, -0.2) is 18.3 Å². The molecule has 1 amide bonds. The van der Waals surface area contributed by atoms with Crippen molar-refractivity contribution in [1.82, 2.24) is 5.32 Å². The van der Waals surface area contributed by atoms with E-state index in [1.807, 2.05) is 42.5 Å². The Balaban J connectivity index is 1.91. The summed E-state index contributed by atoms with van der Waals surface area (Å²) >= 11 is 5.76. The molecule has 0 saturated heterocycles. The van der Waals surface area contributed by atoms with E-state index in [-0.39, 0.29) is 5.91 Å². The maximum atomic E-state index is 12.1. The molecule has 0 saturated carbocycles. The lowest BCUT2D eigenvalue weighted by atomic mass is 10.1. The lowest BCUT2D eigenvalue weighted by Gasteiger charge is -2.08. The van der Waals surface area contributed by atoms with E-state index in [0.29, 0.717) is 23.9 Å². The van der Waals surface area contributed by atoms with Gasteiger partial charge in [-0.2, -0.15) is 0 Å². The van der Waals surface area contributed by atoms with Gasteiger partial charge < -0.3 is 5.32 Å². The lowest BCUT2D eigenvalue weighted by Crippen LogP contribution is -2.24. The lowest BCUT2D eigenvalue weighted by molar-refractivity contribution is 0.0952. The first kappa shape index (κ1) is 14.9. The van der Waals surface area contributed by atoms with Crippen molar-refractivity contribution in [3.05, 3.63) is 48.0 Å². The predicted octanol–water partition coefficient (Wildman–Crippen LogP) is 4.22. The largest absolute Gasteiger partial charge is 0.352 e. The zero-order valence-corrected chi connectivity index (χ0v) is 12.5. The second-order valence-corrected chi connectivity index (χ2v) is 5.53. The van der Waals surface area contributed by atoms with Crippen molar-refractivity contribution in [1.29, 1.82) is 0 Å². The van der Waals surface area contributed by atoms with E-state index < -0.39 is 0 Å². The SMILES string of the molecule is CC(CCl)CCCNC(=O)c1ccc2ccccc2c1. The first-order valence-electron chi connectivity index (χ1n) is 7.03. The molecule has 2 aromatic carbocycles. The standard InChI is InChI=1S/C17H20ClNO/c1-13(12-18)5-4-10-19-17(20)16-9-8-14-6-2-3-7-15(14)11-16/h2-3,6-9,11,13H,4-5,10,12H2,1H3,(H,19,20). The average Bonchev–Trinajstić information content (AvgIpc) is 2.50. The number of carbonyl (C=O) groups is 1. The summed E-state index contributed by atoms with van der Waals surface area (Å²) in [5.41, 5.74) is 0.717. The van der Waals surface area contributed by atoms with Crippen LogP contribution in [0.5, 0.6) is 0 Å². The summed E-state index contributed by atoms with van der Waals surface area (Å²) in [4.78, 5) is 12.1. The molecule has 2 rings (SSSR count). The Labute approximate surface area is 125 Å². The topological polar surface area (TPSA) is 29.1 Å². The quantitative estimate of drug-likeness (QED) is 0.626. The molecule has 0 aliphatic heterocycles. The number of halogens is 1. The Morgan fingerprint density at radius 1 is 1.20 bits per heavy atom. The minimum atomic E-state index is -0.00530. The van der Waals surface area contributed by atoms with Crippen molar-refractivity contribution in [2.45, 2.75) is 19.8 Å². The second kappa shape index (κ2) is 7.30. The molecule has 0 bridgehead atoms. The third kappa shape index (κ3) is 3.97. The molecule has 106 valence electrons. The van der Waals surface area contributed by atoms with Crippen LogP contribution < -0.4 is 5.32 Å². The third-order valence-corrected chi connectivity index (χ3v) is 3.96. The third-order valence-electron chi connectivity index (χ3n) is 3.43. The van der Waals surface area contributed by atoms with Crippen LogP contribution in [-0.2, 0) is 0 Å². The molecule has 1 atom stereocenters. The van der Waals surface area contributed by atoms with E-state index >= 15 is 0 Å². The van der Waals surface area contributed by atoms with E-state index in [1.165, 1.54) is 0 Å². The summed E-state index contributed by atoms with van der Waals surface area (Å²) < 4.78 is 0. The molecule has 0 aliphatic carbocycles. The number of amides is 1. The zero-order chi connectivity index (χ0) is 14.4. The number of fused-ring (bicyclic) bond motifs is 1. The summed E-state index contributed by atoms with van der Waals surface area (Å²) in [6.45, 7) is 2.82. The number of hydrogen-bond donors (Lipinski definition) is 1. The molecular weight excluding hydrogens is 270 g/mol. The van der Waals surface area contributed by atoms with Crippen LogP contribution in [0, 0.1) is 5.92 Å².